The summed E-state index contributed by atoms with van der Waals surface area (Å²) in [6, 6.07) is 38.9. The standard InChI is InChI=1S/C29H22N2/c1-20-11-15-28-26(17-20)27-19-24(14-16-29(27)31(28)25-9-3-2-4-10-25)30-23-13-12-21-7-5-6-8-22(21)18-23/h2-19,30H,1H3. The molecule has 2 heteroatoms. The summed E-state index contributed by atoms with van der Waals surface area (Å²) in [5.74, 6) is 0. The number of para-hydroxylation sites is 1. The largest absolute Gasteiger partial charge is 0.355 e. The van der Waals surface area contributed by atoms with Crippen molar-refractivity contribution in [2.45, 2.75) is 6.92 Å². The summed E-state index contributed by atoms with van der Waals surface area (Å²) < 4.78 is 2.35. The predicted molar refractivity (Wildman–Crippen MR) is 133 cm³/mol. The Morgan fingerprint density at radius 1 is 0.548 bits per heavy atom. The van der Waals surface area contributed by atoms with Crippen molar-refractivity contribution in [3.63, 3.8) is 0 Å². The summed E-state index contributed by atoms with van der Waals surface area (Å²) >= 11 is 0. The summed E-state index contributed by atoms with van der Waals surface area (Å²) in [5.41, 5.74) is 7.09. The Hall–Kier alpha value is -4.04. The third kappa shape index (κ3) is 3.04. The number of hydrogen-bond acceptors (Lipinski definition) is 1. The second-order valence-electron chi connectivity index (χ2n) is 8.11. The van der Waals surface area contributed by atoms with Gasteiger partial charge in [0.2, 0.25) is 0 Å². The van der Waals surface area contributed by atoms with Crippen molar-refractivity contribution >= 4 is 44.0 Å². The lowest BCUT2D eigenvalue weighted by Gasteiger charge is -2.10. The van der Waals surface area contributed by atoms with E-state index in [4.69, 9.17) is 0 Å². The second-order valence-corrected chi connectivity index (χ2v) is 8.11. The Labute approximate surface area is 181 Å². The van der Waals surface area contributed by atoms with Gasteiger partial charge in [0.05, 0.1) is 11.0 Å². The Kier molecular flexibility index (Phi) is 4.03. The normalized spacial score (nSPS) is 11.4. The molecule has 0 radical (unpaired) electrons. The first-order chi connectivity index (χ1) is 15.3. The predicted octanol–water partition coefficient (Wildman–Crippen LogP) is 7.99. The van der Waals surface area contributed by atoms with Gasteiger partial charge in [-0.25, -0.2) is 0 Å². The van der Waals surface area contributed by atoms with E-state index in [9.17, 15) is 0 Å². The van der Waals surface area contributed by atoms with Crippen molar-refractivity contribution in [2.75, 3.05) is 5.32 Å². The Morgan fingerprint density at radius 3 is 2.03 bits per heavy atom. The van der Waals surface area contributed by atoms with Crippen LogP contribution in [0, 0.1) is 6.92 Å². The highest BCUT2D eigenvalue weighted by molar-refractivity contribution is 6.10. The van der Waals surface area contributed by atoms with Crippen molar-refractivity contribution in [3.05, 3.63) is 115 Å². The van der Waals surface area contributed by atoms with E-state index in [0.717, 1.165) is 11.4 Å². The summed E-state index contributed by atoms with van der Waals surface area (Å²) in [7, 11) is 0. The fraction of sp³-hybridized carbons (Fsp3) is 0.0345. The van der Waals surface area contributed by atoms with Gasteiger partial charge in [0.1, 0.15) is 0 Å². The molecule has 1 heterocycles. The molecule has 0 amide bonds. The van der Waals surface area contributed by atoms with E-state index in [2.05, 4.69) is 126 Å². The zero-order chi connectivity index (χ0) is 20.8. The lowest BCUT2D eigenvalue weighted by Crippen LogP contribution is -1.94. The van der Waals surface area contributed by atoms with Gasteiger partial charge >= 0.3 is 0 Å². The quantitative estimate of drug-likeness (QED) is 0.320. The third-order valence-electron chi connectivity index (χ3n) is 5.97. The molecular formula is C29H22N2. The van der Waals surface area contributed by atoms with Gasteiger partial charge in [-0.3, -0.25) is 0 Å². The lowest BCUT2D eigenvalue weighted by atomic mass is 10.1. The van der Waals surface area contributed by atoms with E-state index in [0.29, 0.717) is 0 Å². The van der Waals surface area contributed by atoms with Crippen LogP contribution in [0.3, 0.4) is 0 Å². The van der Waals surface area contributed by atoms with Crippen molar-refractivity contribution in [1.82, 2.24) is 4.57 Å². The van der Waals surface area contributed by atoms with Crippen LogP contribution in [0.5, 0.6) is 0 Å². The molecule has 0 bridgehead atoms. The maximum atomic E-state index is 3.61. The number of nitrogens with one attached hydrogen (secondary N) is 1. The number of benzene rings is 5. The highest BCUT2D eigenvalue weighted by atomic mass is 15.0. The average Bonchev–Trinajstić information content (AvgIpc) is 3.12. The van der Waals surface area contributed by atoms with Crippen LogP contribution in [0.4, 0.5) is 11.4 Å². The van der Waals surface area contributed by atoms with Crippen LogP contribution in [-0.4, -0.2) is 4.57 Å². The number of rotatable bonds is 3. The van der Waals surface area contributed by atoms with Crippen LogP contribution >= 0.6 is 0 Å². The number of anilines is 2. The molecular weight excluding hydrogens is 376 g/mol. The molecule has 0 aliphatic carbocycles. The Morgan fingerprint density at radius 2 is 1.19 bits per heavy atom. The maximum absolute atomic E-state index is 3.61. The first-order valence-electron chi connectivity index (χ1n) is 10.6. The summed E-state index contributed by atoms with van der Waals surface area (Å²) in [6.07, 6.45) is 0. The second kappa shape index (κ2) is 7.03. The molecule has 1 N–H and O–H groups in total. The van der Waals surface area contributed by atoms with Gasteiger partial charge in [-0.05, 0) is 72.3 Å². The van der Waals surface area contributed by atoms with Crippen molar-refractivity contribution in [1.29, 1.82) is 0 Å². The summed E-state index contributed by atoms with van der Waals surface area (Å²) in [4.78, 5) is 0. The van der Waals surface area contributed by atoms with Crippen molar-refractivity contribution in [3.8, 4) is 5.69 Å². The molecule has 0 aliphatic heterocycles. The molecule has 0 spiro atoms. The Bertz CT molecular complexity index is 1560. The number of aryl methyl sites for hydroxylation is 1. The van der Waals surface area contributed by atoms with E-state index in [-0.39, 0.29) is 0 Å². The van der Waals surface area contributed by atoms with Crippen LogP contribution in [0.25, 0.3) is 38.3 Å². The molecule has 6 aromatic rings. The smallest absolute Gasteiger partial charge is 0.0542 e. The van der Waals surface area contributed by atoms with Gasteiger partial charge in [0.25, 0.3) is 0 Å². The molecule has 0 saturated carbocycles. The van der Waals surface area contributed by atoms with Gasteiger partial charge in [-0.2, -0.15) is 0 Å². The topological polar surface area (TPSA) is 17.0 Å². The maximum Gasteiger partial charge on any atom is 0.0542 e. The number of nitrogens with zero attached hydrogens (tertiary/aromatic N) is 1. The molecule has 148 valence electrons. The van der Waals surface area contributed by atoms with E-state index < -0.39 is 0 Å². The average molecular weight is 399 g/mol. The molecule has 0 aliphatic rings. The molecule has 0 atom stereocenters. The highest BCUT2D eigenvalue weighted by Gasteiger charge is 2.13. The lowest BCUT2D eigenvalue weighted by molar-refractivity contribution is 1.18. The molecule has 2 nitrogen and oxygen atoms in total. The summed E-state index contributed by atoms with van der Waals surface area (Å²) in [5, 5.41) is 8.64. The number of hydrogen-bond donors (Lipinski definition) is 1. The molecule has 1 aromatic heterocycles. The van der Waals surface area contributed by atoms with E-state index in [1.807, 2.05) is 0 Å². The van der Waals surface area contributed by atoms with Crippen molar-refractivity contribution < 1.29 is 0 Å². The highest BCUT2D eigenvalue weighted by Crippen LogP contribution is 2.35. The van der Waals surface area contributed by atoms with Gasteiger partial charge < -0.3 is 9.88 Å². The fourth-order valence-electron chi connectivity index (χ4n) is 4.50. The van der Waals surface area contributed by atoms with Gasteiger partial charge in [-0.1, -0.05) is 60.2 Å². The van der Waals surface area contributed by atoms with E-state index >= 15 is 0 Å². The van der Waals surface area contributed by atoms with Gasteiger partial charge in [0, 0.05) is 27.8 Å². The van der Waals surface area contributed by atoms with Gasteiger partial charge in [-0.15, -0.1) is 0 Å². The number of aromatic nitrogens is 1. The van der Waals surface area contributed by atoms with E-state index in [1.54, 1.807) is 0 Å². The van der Waals surface area contributed by atoms with Crippen molar-refractivity contribution in [2.24, 2.45) is 0 Å². The van der Waals surface area contributed by atoms with Crippen LogP contribution in [0.15, 0.2) is 109 Å². The minimum Gasteiger partial charge on any atom is -0.355 e. The Balaban J connectivity index is 1.51. The zero-order valence-electron chi connectivity index (χ0n) is 17.3. The number of fused-ring (bicyclic) bond motifs is 4. The zero-order valence-corrected chi connectivity index (χ0v) is 17.3. The molecule has 0 unspecified atom stereocenters. The monoisotopic (exact) mass is 398 g/mol. The molecule has 0 saturated heterocycles. The van der Waals surface area contributed by atoms with Gasteiger partial charge in [0.15, 0.2) is 0 Å². The molecule has 5 aromatic carbocycles. The van der Waals surface area contributed by atoms with Crippen LogP contribution < -0.4 is 5.32 Å². The van der Waals surface area contributed by atoms with Crippen LogP contribution in [0.1, 0.15) is 5.56 Å². The SMILES string of the molecule is Cc1ccc2c(c1)c1cc(Nc3ccc4ccccc4c3)ccc1n2-c1ccccc1. The molecule has 0 fully saturated rings. The minimum absolute atomic E-state index is 1.09. The van der Waals surface area contributed by atoms with Crippen LogP contribution in [0.2, 0.25) is 0 Å². The summed E-state index contributed by atoms with van der Waals surface area (Å²) in [6.45, 7) is 2.16. The molecule has 6 rings (SSSR count). The minimum atomic E-state index is 1.09. The fourth-order valence-corrected chi connectivity index (χ4v) is 4.50. The van der Waals surface area contributed by atoms with E-state index in [1.165, 1.54) is 43.8 Å². The molecule has 31 heavy (non-hydrogen) atoms. The van der Waals surface area contributed by atoms with Crippen LogP contribution in [-0.2, 0) is 0 Å². The first-order valence-corrected chi connectivity index (χ1v) is 10.6. The third-order valence-corrected chi connectivity index (χ3v) is 5.97. The first kappa shape index (κ1) is 17.8.